The first-order valence-corrected chi connectivity index (χ1v) is 7.05. The van der Waals surface area contributed by atoms with E-state index in [9.17, 15) is 4.39 Å². The molecular formula is C15H11Cl2FN2. The first-order chi connectivity index (χ1) is 9.70. The van der Waals surface area contributed by atoms with Crippen LogP contribution in [0.25, 0.3) is 11.0 Å². The zero-order valence-electron chi connectivity index (χ0n) is 10.5. The third-order valence-corrected chi connectivity index (χ3v) is 3.75. The summed E-state index contributed by atoms with van der Waals surface area (Å²) in [6, 6.07) is 12.2. The maximum atomic E-state index is 13.8. The van der Waals surface area contributed by atoms with E-state index in [1.54, 1.807) is 24.3 Å². The minimum Gasteiger partial charge on any atom is -0.321 e. The van der Waals surface area contributed by atoms with Crippen LogP contribution >= 0.6 is 23.2 Å². The molecular weight excluding hydrogens is 298 g/mol. The molecule has 0 spiro atoms. The molecule has 0 unspecified atom stereocenters. The van der Waals surface area contributed by atoms with E-state index < -0.39 is 0 Å². The largest absolute Gasteiger partial charge is 0.321 e. The fourth-order valence-corrected chi connectivity index (χ4v) is 2.73. The van der Waals surface area contributed by atoms with Crippen molar-refractivity contribution >= 4 is 34.2 Å². The third-order valence-electron chi connectivity index (χ3n) is 3.20. The van der Waals surface area contributed by atoms with Gasteiger partial charge in [0.2, 0.25) is 0 Å². The number of nitrogens with zero attached hydrogens (tertiary/aromatic N) is 2. The zero-order chi connectivity index (χ0) is 14.1. The van der Waals surface area contributed by atoms with Crippen LogP contribution in [0.4, 0.5) is 4.39 Å². The molecule has 5 heteroatoms. The predicted octanol–water partition coefficient (Wildman–Crippen LogP) is 4.62. The van der Waals surface area contributed by atoms with E-state index >= 15 is 0 Å². The van der Waals surface area contributed by atoms with E-state index in [1.807, 2.05) is 16.7 Å². The number of hydrogen-bond donors (Lipinski definition) is 0. The number of benzene rings is 2. The lowest BCUT2D eigenvalue weighted by Gasteiger charge is -2.09. The van der Waals surface area contributed by atoms with Crippen LogP contribution in [-0.2, 0) is 12.4 Å². The highest BCUT2D eigenvalue weighted by Gasteiger charge is 2.14. The monoisotopic (exact) mass is 308 g/mol. The SMILES string of the molecule is Fc1ccccc1Cn1c(CCl)nc2cccc(Cl)c21. The Kier molecular flexibility index (Phi) is 3.64. The summed E-state index contributed by atoms with van der Waals surface area (Å²) in [7, 11) is 0. The molecule has 1 heterocycles. The van der Waals surface area contributed by atoms with Gasteiger partial charge in [-0.15, -0.1) is 11.6 Å². The van der Waals surface area contributed by atoms with Crippen molar-refractivity contribution < 1.29 is 4.39 Å². The Morgan fingerprint density at radius 1 is 1.10 bits per heavy atom. The van der Waals surface area contributed by atoms with Crippen LogP contribution in [0.1, 0.15) is 11.4 Å². The quantitative estimate of drug-likeness (QED) is 0.646. The van der Waals surface area contributed by atoms with Crippen LogP contribution in [0.3, 0.4) is 0 Å². The molecule has 102 valence electrons. The van der Waals surface area contributed by atoms with Crippen molar-refractivity contribution in [3.63, 3.8) is 0 Å². The van der Waals surface area contributed by atoms with E-state index in [2.05, 4.69) is 4.98 Å². The van der Waals surface area contributed by atoms with Gasteiger partial charge in [0, 0.05) is 5.56 Å². The molecule has 2 aromatic carbocycles. The molecule has 0 aliphatic carbocycles. The molecule has 0 aliphatic heterocycles. The number of aromatic nitrogens is 2. The van der Waals surface area contributed by atoms with Crippen LogP contribution in [0, 0.1) is 5.82 Å². The van der Waals surface area contributed by atoms with Crippen molar-refractivity contribution in [1.82, 2.24) is 9.55 Å². The second-order valence-corrected chi connectivity index (χ2v) is 5.12. The molecule has 0 amide bonds. The first kappa shape index (κ1) is 13.4. The lowest BCUT2D eigenvalue weighted by atomic mass is 10.2. The summed E-state index contributed by atoms with van der Waals surface area (Å²) in [6.07, 6.45) is 0. The van der Waals surface area contributed by atoms with Crippen LogP contribution in [0.5, 0.6) is 0 Å². The second-order valence-electron chi connectivity index (χ2n) is 4.45. The fraction of sp³-hybridized carbons (Fsp3) is 0.133. The Labute approximate surface area is 125 Å². The minimum atomic E-state index is -0.248. The molecule has 1 aromatic heterocycles. The standard InChI is InChI=1S/C15H11Cl2FN2/c16-8-14-19-13-7-3-5-11(17)15(13)20(14)9-10-4-1-2-6-12(10)18/h1-7H,8-9H2. The van der Waals surface area contributed by atoms with Crippen LogP contribution < -0.4 is 0 Å². The molecule has 3 rings (SSSR count). The van der Waals surface area contributed by atoms with E-state index in [0.29, 0.717) is 23.0 Å². The van der Waals surface area contributed by atoms with Gasteiger partial charge in [-0.25, -0.2) is 9.37 Å². The molecule has 0 radical (unpaired) electrons. The molecule has 20 heavy (non-hydrogen) atoms. The lowest BCUT2D eigenvalue weighted by Crippen LogP contribution is -2.05. The summed E-state index contributed by atoms with van der Waals surface area (Å²) >= 11 is 12.2. The summed E-state index contributed by atoms with van der Waals surface area (Å²) in [6.45, 7) is 0.356. The van der Waals surface area contributed by atoms with Gasteiger partial charge in [0.1, 0.15) is 11.6 Å². The summed E-state index contributed by atoms with van der Waals surface area (Å²) in [5.74, 6) is 0.680. The smallest absolute Gasteiger partial charge is 0.128 e. The van der Waals surface area contributed by atoms with Gasteiger partial charge in [-0.2, -0.15) is 0 Å². The maximum absolute atomic E-state index is 13.8. The second kappa shape index (κ2) is 5.43. The summed E-state index contributed by atoms with van der Waals surface area (Å²) in [5, 5.41) is 0.586. The number of imidazole rings is 1. The topological polar surface area (TPSA) is 17.8 Å². The first-order valence-electron chi connectivity index (χ1n) is 6.13. The van der Waals surface area contributed by atoms with Crippen molar-refractivity contribution in [3.8, 4) is 0 Å². The van der Waals surface area contributed by atoms with Gasteiger partial charge in [0.05, 0.1) is 28.5 Å². The van der Waals surface area contributed by atoms with Crippen molar-refractivity contribution in [2.75, 3.05) is 0 Å². The molecule has 0 N–H and O–H groups in total. The van der Waals surface area contributed by atoms with Crippen LogP contribution in [0.2, 0.25) is 5.02 Å². The Balaban J connectivity index is 2.17. The van der Waals surface area contributed by atoms with E-state index in [4.69, 9.17) is 23.2 Å². The average molecular weight is 309 g/mol. The number of fused-ring (bicyclic) bond motifs is 1. The molecule has 0 fully saturated rings. The molecule has 0 saturated heterocycles. The van der Waals surface area contributed by atoms with Crippen molar-refractivity contribution in [1.29, 1.82) is 0 Å². The van der Waals surface area contributed by atoms with Gasteiger partial charge in [0.15, 0.2) is 0 Å². The van der Waals surface area contributed by atoms with Gasteiger partial charge in [-0.3, -0.25) is 0 Å². The normalized spacial score (nSPS) is 11.2. The van der Waals surface area contributed by atoms with Gasteiger partial charge < -0.3 is 4.57 Å². The minimum absolute atomic E-state index is 0.248. The van der Waals surface area contributed by atoms with Gasteiger partial charge in [-0.05, 0) is 18.2 Å². The number of para-hydroxylation sites is 1. The third kappa shape index (κ3) is 2.28. The molecule has 3 aromatic rings. The molecule has 0 bridgehead atoms. The maximum Gasteiger partial charge on any atom is 0.128 e. The summed E-state index contributed by atoms with van der Waals surface area (Å²) in [4.78, 5) is 4.44. The van der Waals surface area contributed by atoms with E-state index in [0.717, 1.165) is 11.0 Å². The Hall–Kier alpha value is -1.58. The number of halogens is 3. The highest BCUT2D eigenvalue weighted by Crippen LogP contribution is 2.26. The predicted molar refractivity (Wildman–Crippen MR) is 79.8 cm³/mol. The van der Waals surface area contributed by atoms with Crippen molar-refractivity contribution in [2.24, 2.45) is 0 Å². The van der Waals surface area contributed by atoms with Crippen molar-refractivity contribution in [3.05, 3.63) is 64.7 Å². The number of alkyl halides is 1. The summed E-state index contributed by atoms with van der Waals surface area (Å²) in [5.41, 5.74) is 2.13. The van der Waals surface area contributed by atoms with Crippen LogP contribution in [0.15, 0.2) is 42.5 Å². The lowest BCUT2D eigenvalue weighted by molar-refractivity contribution is 0.599. The van der Waals surface area contributed by atoms with Crippen LogP contribution in [-0.4, -0.2) is 9.55 Å². The Bertz CT molecular complexity index is 768. The van der Waals surface area contributed by atoms with Gasteiger partial charge in [-0.1, -0.05) is 35.9 Å². The highest BCUT2D eigenvalue weighted by molar-refractivity contribution is 6.35. The fourth-order valence-electron chi connectivity index (χ4n) is 2.26. The zero-order valence-corrected chi connectivity index (χ0v) is 12.0. The molecule has 2 nitrogen and oxygen atoms in total. The summed E-state index contributed by atoms with van der Waals surface area (Å²) < 4.78 is 15.7. The molecule has 0 saturated carbocycles. The van der Waals surface area contributed by atoms with E-state index in [1.165, 1.54) is 6.07 Å². The van der Waals surface area contributed by atoms with E-state index in [-0.39, 0.29) is 11.7 Å². The average Bonchev–Trinajstić information content (AvgIpc) is 2.81. The Morgan fingerprint density at radius 2 is 1.90 bits per heavy atom. The van der Waals surface area contributed by atoms with Gasteiger partial charge >= 0.3 is 0 Å². The number of rotatable bonds is 3. The Morgan fingerprint density at radius 3 is 2.65 bits per heavy atom. The molecule has 0 aliphatic rings. The van der Waals surface area contributed by atoms with Gasteiger partial charge in [0.25, 0.3) is 0 Å². The molecule has 0 atom stereocenters. The van der Waals surface area contributed by atoms with Crippen molar-refractivity contribution in [2.45, 2.75) is 12.4 Å². The number of hydrogen-bond acceptors (Lipinski definition) is 1. The highest BCUT2D eigenvalue weighted by atomic mass is 35.5.